The Kier molecular flexibility index (Phi) is 6.44. The lowest BCUT2D eigenvalue weighted by Gasteiger charge is -2.24. The van der Waals surface area contributed by atoms with Gasteiger partial charge in [0, 0.05) is 25.1 Å². The lowest BCUT2D eigenvalue weighted by atomic mass is 9.97. The molecule has 0 aromatic heterocycles. The standard InChI is InChI=1S/C21H26N2O5S/c1-14(2)20(16-7-10-18-19(13-16)28-12-4-11-27-18)23-29(25,26)17-8-5-15(6-9-17)21(24)22-3/h5-10,13-14,20,23H,4,11-12H2,1-3H3,(H,22,24). The molecule has 1 aliphatic rings. The first-order chi connectivity index (χ1) is 13.8. The quantitative estimate of drug-likeness (QED) is 0.752. The van der Waals surface area contributed by atoms with E-state index in [2.05, 4.69) is 10.0 Å². The SMILES string of the molecule is CNC(=O)c1ccc(S(=O)(=O)NC(c2ccc3c(c2)OCCCO3)C(C)C)cc1. The summed E-state index contributed by atoms with van der Waals surface area (Å²) in [6.07, 6.45) is 0.802. The number of rotatable bonds is 6. The van der Waals surface area contributed by atoms with Gasteiger partial charge in [0.05, 0.1) is 18.1 Å². The summed E-state index contributed by atoms with van der Waals surface area (Å²) in [6, 6.07) is 10.9. The summed E-state index contributed by atoms with van der Waals surface area (Å²) in [6.45, 7) is 5.06. The molecule has 1 atom stereocenters. The Balaban J connectivity index is 1.86. The summed E-state index contributed by atoms with van der Waals surface area (Å²) in [5.41, 5.74) is 1.20. The van der Waals surface area contributed by atoms with E-state index < -0.39 is 16.1 Å². The van der Waals surface area contributed by atoms with Gasteiger partial charge in [0.15, 0.2) is 11.5 Å². The van der Waals surface area contributed by atoms with Crippen LogP contribution in [0.1, 0.15) is 42.2 Å². The number of hydrogen-bond donors (Lipinski definition) is 2. The van der Waals surface area contributed by atoms with Gasteiger partial charge in [-0.05, 0) is 47.9 Å². The van der Waals surface area contributed by atoms with Crippen LogP contribution in [0, 0.1) is 5.92 Å². The fourth-order valence-electron chi connectivity index (χ4n) is 3.13. The van der Waals surface area contributed by atoms with Crippen molar-refractivity contribution in [1.29, 1.82) is 0 Å². The van der Waals surface area contributed by atoms with Crippen molar-refractivity contribution >= 4 is 15.9 Å². The van der Waals surface area contributed by atoms with Crippen LogP contribution in [0.15, 0.2) is 47.4 Å². The van der Waals surface area contributed by atoms with Gasteiger partial charge in [-0.1, -0.05) is 19.9 Å². The van der Waals surface area contributed by atoms with Crippen LogP contribution in [-0.2, 0) is 10.0 Å². The highest BCUT2D eigenvalue weighted by Gasteiger charge is 2.25. The molecule has 2 aromatic rings. The minimum Gasteiger partial charge on any atom is -0.490 e. The fourth-order valence-corrected chi connectivity index (χ4v) is 4.50. The summed E-state index contributed by atoms with van der Waals surface area (Å²) >= 11 is 0. The molecule has 7 nitrogen and oxygen atoms in total. The molecule has 2 N–H and O–H groups in total. The number of carbonyl (C=O) groups is 1. The van der Waals surface area contributed by atoms with Crippen LogP contribution in [0.25, 0.3) is 0 Å². The van der Waals surface area contributed by atoms with Crippen molar-refractivity contribution in [2.75, 3.05) is 20.3 Å². The first-order valence-electron chi connectivity index (χ1n) is 9.56. The Hall–Kier alpha value is -2.58. The molecule has 2 aromatic carbocycles. The minimum absolute atomic E-state index is 0.000311. The number of benzene rings is 2. The molecule has 3 rings (SSSR count). The molecule has 29 heavy (non-hydrogen) atoms. The number of ether oxygens (including phenoxy) is 2. The van der Waals surface area contributed by atoms with Gasteiger partial charge in [0.2, 0.25) is 10.0 Å². The zero-order chi connectivity index (χ0) is 21.0. The van der Waals surface area contributed by atoms with E-state index in [-0.39, 0.29) is 16.7 Å². The van der Waals surface area contributed by atoms with E-state index in [0.29, 0.717) is 30.3 Å². The van der Waals surface area contributed by atoms with Crippen LogP contribution in [0.3, 0.4) is 0 Å². The molecule has 1 heterocycles. The molecule has 8 heteroatoms. The van der Waals surface area contributed by atoms with Crippen molar-refractivity contribution < 1.29 is 22.7 Å². The highest BCUT2D eigenvalue weighted by molar-refractivity contribution is 7.89. The maximum Gasteiger partial charge on any atom is 0.251 e. The molecule has 0 saturated heterocycles. The predicted octanol–water partition coefficient (Wildman–Crippen LogP) is 2.88. The van der Waals surface area contributed by atoms with E-state index in [0.717, 1.165) is 12.0 Å². The molecule has 0 spiro atoms. The summed E-state index contributed by atoms with van der Waals surface area (Å²) in [5, 5.41) is 2.51. The lowest BCUT2D eigenvalue weighted by Crippen LogP contribution is -2.32. The summed E-state index contributed by atoms with van der Waals surface area (Å²) in [5.74, 6) is 1.02. The van der Waals surface area contributed by atoms with Crippen molar-refractivity contribution in [2.45, 2.75) is 31.2 Å². The lowest BCUT2D eigenvalue weighted by molar-refractivity contribution is 0.0963. The van der Waals surface area contributed by atoms with Crippen molar-refractivity contribution in [1.82, 2.24) is 10.0 Å². The van der Waals surface area contributed by atoms with E-state index >= 15 is 0 Å². The molecule has 0 aliphatic carbocycles. The Morgan fingerprint density at radius 1 is 1.00 bits per heavy atom. The second-order valence-corrected chi connectivity index (χ2v) is 8.92. The van der Waals surface area contributed by atoms with Crippen molar-refractivity contribution in [2.24, 2.45) is 5.92 Å². The van der Waals surface area contributed by atoms with Crippen LogP contribution in [-0.4, -0.2) is 34.6 Å². The van der Waals surface area contributed by atoms with Gasteiger partial charge in [0.25, 0.3) is 5.91 Å². The minimum atomic E-state index is -3.78. The van der Waals surface area contributed by atoms with Crippen molar-refractivity contribution in [3.8, 4) is 11.5 Å². The van der Waals surface area contributed by atoms with E-state index in [4.69, 9.17) is 9.47 Å². The summed E-state index contributed by atoms with van der Waals surface area (Å²) in [7, 11) is -2.26. The second kappa shape index (κ2) is 8.84. The van der Waals surface area contributed by atoms with E-state index in [9.17, 15) is 13.2 Å². The van der Waals surface area contributed by atoms with Crippen LogP contribution in [0.4, 0.5) is 0 Å². The largest absolute Gasteiger partial charge is 0.490 e. The Labute approximate surface area is 171 Å². The van der Waals surface area contributed by atoms with Gasteiger partial charge < -0.3 is 14.8 Å². The topological polar surface area (TPSA) is 93.7 Å². The normalized spacial score (nSPS) is 14.9. The molecule has 156 valence electrons. The average molecular weight is 419 g/mol. The van der Waals surface area contributed by atoms with Crippen molar-refractivity contribution in [3.63, 3.8) is 0 Å². The number of nitrogens with one attached hydrogen (secondary N) is 2. The Morgan fingerprint density at radius 2 is 1.66 bits per heavy atom. The molecule has 0 radical (unpaired) electrons. The van der Waals surface area contributed by atoms with E-state index in [1.807, 2.05) is 32.0 Å². The number of fused-ring (bicyclic) bond motifs is 1. The third kappa shape index (κ3) is 4.89. The number of hydrogen-bond acceptors (Lipinski definition) is 5. The molecule has 1 amide bonds. The predicted molar refractivity (Wildman–Crippen MR) is 110 cm³/mol. The zero-order valence-corrected chi connectivity index (χ0v) is 17.6. The maximum absolute atomic E-state index is 12.9. The Bertz CT molecular complexity index is 971. The van der Waals surface area contributed by atoms with Crippen LogP contribution >= 0.6 is 0 Å². The van der Waals surface area contributed by atoms with Gasteiger partial charge in [-0.25, -0.2) is 13.1 Å². The molecular formula is C21H26N2O5S. The Morgan fingerprint density at radius 3 is 2.28 bits per heavy atom. The smallest absolute Gasteiger partial charge is 0.251 e. The second-order valence-electron chi connectivity index (χ2n) is 7.20. The molecule has 0 bridgehead atoms. The highest BCUT2D eigenvalue weighted by atomic mass is 32.2. The van der Waals surface area contributed by atoms with Crippen LogP contribution in [0.5, 0.6) is 11.5 Å². The summed E-state index contributed by atoms with van der Waals surface area (Å²) in [4.78, 5) is 11.8. The molecule has 1 unspecified atom stereocenters. The number of amides is 1. The van der Waals surface area contributed by atoms with Gasteiger partial charge in [-0.3, -0.25) is 4.79 Å². The molecule has 1 aliphatic heterocycles. The van der Waals surface area contributed by atoms with Gasteiger partial charge in [0.1, 0.15) is 0 Å². The monoisotopic (exact) mass is 418 g/mol. The average Bonchev–Trinajstić information content (AvgIpc) is 2.96. The molecular weight excluding hydrogens is 392 g/mol. The summed E-state index contributed by atoms with van der Waals surface area (Å²) < 4.78 is 40.1. The maximum atomic E-state index is 12.9. The number of sulfonamides is 1. The third-order valence-corrected chi connectivity index (χ3v) is 6.19. The van der Waals surface area contributed by atoms with Gasteiger partial charge in [-0.15, -0.1) is 0 Å². The van der Waals surface area contributed by atoms with Gasteiger partial charge in [-0.2, -0.15) is 0 Å². The van der Waals surface area contributed by atoms with E-state index in [1.165, 1.54) is 31.3 Å². The fraction of sp³-hybridized carbons (Fsp3) is 0.381. The van der Waals surface area contributed by atoms with Crippen molar-refractivity contribution in [3.05, 3.63) is 53.6 Å². The molecule has 0 fully saturated rings. The molecule has 0 saturated carbocycles. The number of carbonyl (C=O) groups excluding carboxylic acids is 1. The van der Waals surface area contributed by atoms with Crippen LogP contribution < -0.4 is 19.5 Å². The highest BCUT2D eigenvalue weighted by Crippen LogP contribution is 2.34. The first-order valence-corrected chi connectivity index (χ1v) is 11.0. The first kappa shape index (κ1) is 21.1. The zero-order valence-electron chi connectivity index (χ0n) is 16.8. The van der Waals surface area contributed by atoms with Crippen LogP contribution in [0.2, 0.25) is 0 Å². The van der Waals surface area contributed by atoms with Gasteiger partial charge >= 0.3 is 0 Å². The third-order valence-electron chi connectivity index (χ3n) is 4.73. The van der Waals surface area contributed by atoms with E-state index in [1.54, 1.807) is 0 Å².